The molecule has 2 unspecified atom stereocenters. The fraction of sp³-hybridized carbons (Fsp3) is 0.500. The van der Waals surface area contributed by atoms with E-state index in [-0.39, 0.29) is 6.54 Å². The molecule has 0 spiro atoms. The molecule has 0 saturated carbocycles. The molecule has 0 aliphatic rings. The molecular formula is C14H21NO3. The van der Waals surface area contributed by atoms with Gasteiger partial charge in [0.1, 0.15) is 0 Å². The molecule has 0 fully saturated rings. The van der Waals surface area contributed by atoms with Gasteiger partial charge in [-0.15, -0.1) is 0 Å². The molecule has 0 radical (unpaired) electrons. The van der Waals surface area contributed by atoms with Crippen molar-refractivity contribution in [3.63, 3.8) is 0 Å². The molecule has 18 heavy (non-hydrogen) atoms. The lowest BCUT2D eigenvalue weighted by Crippen LogP contribution is -2.45. The van der Waals surface area contributed by atoms with E-state index in [4.69, 9.17) is 5.11 Å². The highest BCUT2D eigenvalue weighted by Crippen LogP contribution is 2.17. The van der Waals surface area contributed by atoms with E-state index in [9.17, 15) is 9.90 Å². The first-order valence-corrected chi connectivity index (χ1v) is 6.15. The van der Waals surface area contributed by atoms with Crippen LogP contribution in [0.5, 0.6) is 0 Å². The minimum Gasteiger partial charge on any atom is -0.479 e. The number of hydrogen-bond donors (Lipinski definition) is 3. The summed E-state index contributed by atoms with van der Waals surface area (Å²) in [5.74, 6) is -0.792. The molecule has 1 rings (SSSR count). The van der Waals surface area contributed by atoms with Crippen LogP contribution in [0.15, 0.2) is 30.3 Å². The normalized spacial score (nSPS) is 15.9. The molecule has 4 nitrogen and oxygen atoms in total. The van der Waals surface area contributed by atoms with Crippen LogP contribution in [0.2, 0.25) is 0 Å². The zero-order valence-corrected chi connectivity index (χ0v) is 10.9. The molecule has 4 heteroatoms. The fourth-order valence-electron chi connectivity index (χ4n) is 1.67. The zero-order valence-electron chi connectivity index (χ0n) is 10.9. The van der Waals surface area contributed by atoms with Gasteiger partial charge in [0.25, 0.3) is 0 Å². The predicted molar refractivity (Wildman–Crippen MR) is 70.6 cm³/mol. The Bertz CT molecular complexity index is 376. The van der Waals surface area contributed by atoms with Crippen molar-refractivity contribution in [3.8, 4) is 0 Å². The molecule has 0 bridgehead atoms. The van der Waals surface area contributed by atoms with Gasteiger partial charge < -0.3 is 15.5 Å². The number of hydrogen-bond acceptors (Lipinski definition) is 3. The van der Waals surface area contributed by atoms with Crippen molar-refractivity contribution < 1.29 is 15.0 Å². The van der Waals surface area contributed by atoms with E-state index in [1.807, 2.05) is 18.2 Å². The van der Waals surface area contributed by atoms with Crippen LogP contribution in [0.3, 0.4) is 0 Å². The highest BCUT2D eigenvalue weighted by molar-refractivity contribution is 5.76. The highest BCUT2D eigenvalue weighted by atomic mass is 16.4. The van der Waals surface area contributed by atoms with E-state index in [1.54, 1.807) is 0 Å². The maximum absolute atomic E-state index is 10.7. The quantitative estimate of drug-likeness (QED) is 0.644. The van der Waals surface area contributed by atoms with Crippen molar-refractivity contribution in [2.24, 2.45) is 0 Å². The SMILES string of the molecule is CC(CCNCC(C)(O)C(=O)O)c1ccccc1. The van der Waals surface area contributed by atoms with Gasteiger partial charge in [0.05, 0.1) is 0 Å². The van der Waals surface area contributed by atoms with Crippen LogP contribution >= 0.6 is 0 Å². The highest BCUT2D eigenvalue weighted by Gasteiger charge is 2.28. The minimum atomic E-state index is -1.70. The van der Waals surface area contributed by atoms with Crippen molar-refractivity contribution in [2.75, 3.05) is 13.1 Å². The first kappa shape index (κ1) is 14.7. The van der Waals surface area contributed by atoms with Crippen LogP contribution in [0.1, 0.15) is 31.7 Å². The zero-order chi connectivity index (χ0) is 13.6. The number of rotatable bonds is 7. The van der Waals surface area contributed by atoms with Crippen molar-refractivity contribution in [3.05, 3.63) is 35.9 Å². The standard InChI is InChI=1S/C14H21NO3/c1-11(12-6-4-3-5-7-12)8-9-15-10-14(2,18)13(16)17/h3-7,11,15,18H,8-10H2,1-2H3,(H,16,17). The second-order valence-electron chi connectivity index (χ2n) is 4.86. The van der Waals surface area contributed by atoms with Crippen LogP contribution in [0, 0.1) is 0 Å². The molecule has 0 aromatic heterocycles. The van der Waals surface area contributed by atoms with Crippen molar-refractivity contribution in [1.82, 2.24) is 5.32 Å². The van der Waals surface area contributed by atoms with Gasteiger partial charge in [-0.3, -0.25) is 0 Å². The van der Waals surface area contributed by atoms with Crippen molar-refractivity contribution >= 4 is 5.97 Å². The van der Waals surface area contributed by atoms with E-state index in [0.29, 0.717) is 12.5 Å². The van der Waals surface area contributed by atoms with Crippen LogP contribution in [-0.2, 0) is 4.79 Å². The van der Waals surface area contributed by atoms with Gasteiger partial charge in [-0.25, -0.2) is 4.79 Å². The second-order valence-corrected chi connectivity index (χ2v) is 4.86. The summed E-state index contributed by atoms with van der Waals surface area (Å²) >= 11 is 0. The summed E-state index contributed by atoms with van der Waals surface area (Å²) < 4.78 is 0. The first-order valence-electron chi connectivity index (χ1n) is 6.15. The van der Waals surface area contributed by atoms with E-state index in [1.165, 1.54) is 12.5 Å². The molecule has 0 heterocycles. The van der Waals surface area contributed by atoms with Crippen LogP contribution in [0.25, 0.3) is 0 Å². The summed E-state index contributed by atoms with van der Waals surface area (Å²) in [6, 6.07) is 10.2. The fourth-order valence-corrected chi connectivity index (χ4v) is 1.67. The lowest BCUT2D eigenvalue weighted by atomic mass is 9.98. The topological polar surface area (TPSA) is 69.6 Å². The summed E-state index contributed by atoms with van der Waals surface area (Å²) in [5, 5.41) is 21.2. The maximum Gasteiger partial charge on any atom is 0.336 e. The summed E-state index contributed by atoms with van der Waals surface area (Å²) in [6.07, 6.45) is 0.902. The number of aliphatic hydroxyl groups is 1. The second kappa shape index (κ2) is 6.52. The Morgan fingerprint density at radius 3 is 2.56 bits per heavy atom. The number of carbonyl (C=O) groups is 1. The third kappa shape index (κ3) is 4.47. The molecule has 100 valence electrons. The Labute approximate surface area is 108 Å². The average Bonchev–Trinajstić information content (AvgIpc) is 2.35. The lowest BCUT2D eigenvalue weighted by molar-refractivity contribution is -0.156. The van der Waals surface area contributed by atoms with E-state index in [0.717, 1.165) is 6.42 Å². The molecule has 0 aliphatic carbocycles. The van der Waals surface area contributed by atoms with E-state index in [2.05, 4.69) is 24.4 Å². The van der Waals surface area contributed by atoms with Crippen LogP contribution in [0.4, 0.5) is 0 Å². The molecule has 0 amide bonds. The Hall–Kier alpha value is -1.39. The van der Waals surface area contributed by atoms with Gasteiger partial charge in [0.2, 0.25) is 0 Å². The van der Waals surface area contributed by atoms with Gasteiger partial charge in [0, 0.05) is 6.54 Å². The number of nitrogens with one attached hydrogen (secondary N) is 1. The molecule has 0 aliphatic heterocycles. The van der Waals surface area contributed by atoms with Gasteiger partial charge in [-0.2, -0.15) is 0 Å². The Morgan fingerprint density at radius 1 is 1.39 bits per heavy atom. The third-order valence-corrected chi connectivity index (χ3v) is 3.05. The largest absolute Gasteiger partial charge is 0.479 e. The lowest BCUT2D eigenvalue weighted by Gasteiger charge is -2.19. The van der Waals surface area contributed by atoms with E-state index < -0.39 is 11.6 Å². The van der Waals surface area contributed by atoms with E-state index >= 15 is 0 Å². The van der Waals surface area contributed by atoms with Gasteiger partial charge in [0.15, 0.2) is 5.60 Å². The van der Waals surface area contributed by atoms with Crippen LogP contribution < -0.4 is 5.32 Å². The maximum atomic E-state index is 10.7. The smallest absolute Gasteiger partial charge is 0.336 e. The summed E-state index contributed by atoms with van der Waals surface area (Å²) in [5.41, 5.74) is -0.431. The summed E-state index contributed by atoms with van der Waals surface area (Å²) in [7, 11) is 0. The Balaban J connectivity index is 2.29. The van der Waals surface area contributed by atoms with Crippen molar-refractivity contribution in [2.45, 2.75) is 31.8 Å². The Kier molecular flexibility index (Phi) is 5.31. The number of carboxylic acids is 1. The molecule has 0 saturated heterocycles. The number of aliphatic carboxylic acids is 1. The van der Waals surface area contributed by atoms with Crippen LogP contribution in [-0.4, -0.2) is 34.9 Å². The van der Waals surface area contributed by atoms with Crippen molar-refractivity contribution in [1.29, 1.82) is 0 Å². The summed E-state index contributed by atoms with van der Waals surface area (Å²) in [6.45, 7) is 4.17. The monoisotopic (exact) mass is 251 g/mol. The average molecular weight is 251 g/mol. The molecular weight excluding hydrogens is 230 g/mol. The number of carboxylic acid groups (broad SMARTS) is 1. The van der Waals surface area contributed by atoms with Gasteiger partial charge in [-0.05, 0) is 31.4 Å². The predicted octanol–water partition coefficient (Wildman–Crippen LogP) is 1.61. The molecule has 2 atom stereocenters. The minimum absolute atomic E-state index is 0.0594. The van der Waals surface area contributed by atoms with Gasteiger partial charge in [-0.1, -0.05) is 37.3 Å². The molecule has 1 aromatic rings. The molecule has 1 aromatic carbocycles. The Morgan fingerprint density at radius 2 is 2.00 bits per heavy atom. The number of benzene rings is 1. The van der Waals surface area contributed by atoms with Gasteiger partial charge >= 0.3 is 5.97 Å². The first-order chi connectivity index (χ1) is 8.43. The molecule has 3 N–H and O–H groups in total. The third-order valence-electron chi connectivity index (χ3n) is 3.05. The summed E-state index contributed by atoms with van der Waals surface area (Å²) in [4.78, 5) is 10.7.